The number of anilines is 1. The van der Waals surface area contributed by atoms with E-state index in [-0.39, 0.29) is 17.8 Å². The molecule has 1 fully saturated rings. The highest BCUT2D eigenvalue weighted by Crippen LogP contribution is 2.28. The largest absolute Gasteiger partial charge is 0.341 e. The molecule has 1 heterocycles. The van der Waals surface area contributed by atoms with Gasteiger partial charge in [0.05, 0.1) is 5.75 Å². The van der Waals surface area contributed by atoms with E-state index < -0.39 is 10.0 Å². The molecule has 6 nitrogen and oxygen atoms in total. The van der Waals surface area contributed by atoms with Crippen molar-refractivity contribution in [2.45, 2.75) is 12.5 Å². The minimum Gasteiger partial charge on any atom is -0.341 e. The van der Waals surface area contributed by atoms with E-state index in [0.717, 1.165) is 16.7 Å². The Hall–Kier alpha value is -2.38. The summed E-state index contributed by atoms with van der Waals surface area (Å²) in [5, 5.41) is 5.21. The number of sulfonamides is 1. The molecule has 0 bridgehead atoms. The van der Waals surface area contributed by atoms with E-state index >= 15 is 0 Å². The quantitative estimate of drug-likeness (QED) is 0.798. The lowest BCUT2D eigenvalue weighted by atomic mass is 9.98. The molecule has 3 rings (SSSR count). The molecule has 0 saturated carbocycles. The number of benzene rings is 2. The fourth-order valence-corrected chi connectivity index (χ4v) is 4.07. The Morgan fingerprint density at radius 2 is 1.88 bits per heavy atom. The van der Waals surface area contributed by atoms with Gasteiger partial charge in [0.2, 0.25) is 10.0 Å². The van der Waals surface area contributed by atoms with Crippen LogP contribution in [0.3, 0.4) is 0 Å². The summed E-state index contributed by atoms with van der Waals surface area (Å²) < 4.78 is 25.8. The summed E-state index contributed by atoms with van der Waals surface area (Å²) in [5.41, 5.74) is 3.67. The monoisotopic (exact) mass is 345 g/mol. The Morgan fingerprint density at radius 3 is 2.50 bits per heavy atom. The summed E-state index contributed by atoms with van der Waals surface area (Å²) in [5.74, 6) is 0.168. The Bertz CT molecular complexity index is 848. The summed E-state index contributed by atoms with van der Waals surface area (Å²) in [4.78, 5) is 11.3. The molecule has 2 aromatic rings. The van der Waals surface area contributed by atoms with Gasteiger partial charge in [-0.1, -0.05) is 30.3 Å². The molecule has 3 N–H and O–H groups in total. The van der Waals surface area contributed by atoms with Crippen LogP contribution in [0.5, 0.6) is 0 Å². The zero-order valence-corrected chi connectivity index (χ0v) is 14.1. The third kappa shape index (κ3) is 3.74. The molecule has 1 aliphatic rings. The predicted molar refractivity (Wildman–Crippen MR) is 94.2 cm³/mol. The van der Waals surface area contributed by atoms with Crippen LogP contribution in [0.15, 0.2) is 48.5 Å². The Kier molecular flexibility index (Phi) is 4.55. The van der Waals surface area contributed by atoms with Crippen LogP contribution in [0.4, 0.5) is 10.5 Å². The molecule has 0 aliphatic carbocycles. The number of nitrogens with one attached hydrogen (secondary N) is 3. The molecule has 2 amide bonds. The van der Waals surface area contributed by atoms with Gasteiger partial charge >= 0.3 is 6.03 Å². The van der Waals surface area contributed by atoms with E-state index in [2.05, 4.69) is 15.4 Å². The topological polar surface area (TPSA) is 87.3 Å². The second kappa shape index (κ2) is 6.62. The van der Waals surface area contributed by atoms with E-state index in [1.807, 2.05) is 48.5 Å². The van der Waals surface area contributed by atoms with Crippen molar-refractivity contribution in [1.29, 1.82) is 0 Å². The minimum absolute atomic E-state index is 0.163. The Morgan fingerprint density at radius 1 is 1.12 bits per heavy atom. The van der Waals surface area contributed by atoms with Gasteiger partial charge in [-0.15, -0.1) is 0 Å². The molecule has 1 atom stereocenters. The van der Waals surface area contributed by atoms with Crippen LogP contribution < -0.4 is 15.4 Å². The van der Waals surface area contributed by atoms with Gasteiger partial charge in [-0.25, -0.2) is 17.9 Å². The third-order valence-electron chi connectivity index (χ3n) is 3.99. The van der Waals surface area contributed by atoms with Crippen molar-refractivity contribution in [3.8, 4) is 11.1 Å². The second-order valence-corrected chi connectivity index (χ2v) is 7.56. The van der Waals surface area contributed by atoms with Crippen molar-refractivity contribution in [3.05, 3.63) is 54.1 Å². The fourth-order valence-electron chi connectivity index (χ4n) is 2.72. The molecule has 0 radical (unpaired) electrons. The highest BCUT2D eigenvalue weighted by molar-refractivity contribution is 7.89. The molecule has 2 aromatic carbocycles. The number of hydrogen-bond acceptors (Lipinski definition) is 3. The zero-order valence-electron chi connectivity index (χ0n) is 13.2. The number of hydrogen-bond donors (Lipinski definition) is 3. The lowest BCUT2D eigenvalue weighted by molar-refractivity contribution is 0.254. The summed E-state index contributed by atoms with van der Waals surface area (Å²) in [7, 11) is -1.57. The van der Waals surface area contributed by atoms with Gasteiger partial charge in [-0.2, -0.15) is 0 Å². The molecule has 7 heteroatoms. The summed E-state index contributed by atoms with van der Waals surface area (Å²) in [6, 6.07) is 14.9. The van der Waals surface area contributed by atoms with Crippen LogP contribution in [0.2, 0.25) is 0 Å². The molecule has 0 aromatic heterocycles. The maximum atomic E-state index is 11.6. The molecule has 24 heavy (non-hydrogen) atoms. The number of rotatable bonds is 3. The van der Waals surface area contributed by atoms with Crippen molar-refractivity contribution in [2.75, 3.05) is 18.1 Å². The molecular formula is C17H19N3O3S. The van der Waals surface area contributed by atoms with Gasteiger partial charge in [-0.3, -0.25) is 0 Å². The lowest BCUT2D eigenvalue weighted by Gasteiger charge is -2.12. The zero-order chi connectivity index (χ0) is 17.2. The fraction of sp³-hybridized carbons (Fsp3) is 0.235. The first-order valence-corrected chi connectivity index (χ1v) is 9.31. The number of urea groups is 1. The molecule has 1 unspecified atom stereocenters. The van der Waals surface area contributed by atoms with Crippen LogP contribution in [-0.2, 0) is 10.0 Å². The third-order valence-corrected chi connectivity index (χ3v) is 5.41. The van der Waals surface area contributed by atoms with Crippen LogP contribution in [-0.4, -0.2) is 27.2 Å². The maximum absolute atomic E-state index is 11.6. The standard InChI is InChI=1S/C17H19N3O3S/c1-18-17(21)19-15-7-5-12(6-8-15)13-3-2-4-14(11-13)16-9-10-24(22,23)20-16/h2-8,11,16,20H,9-10H2,1H3,(H2,18,19,21). The average Bonchev–Trinajstić information content (AvgIpc) is 2.95. The van der Waals surface area contributed by atoms with Gasteiger partial charge in [0.1, 0.15) is 0 Å². The summed E-state index contributed by atoms with van der Waals surface area (Å²) in [6.45, 7) is 0. The van der Waals surface area contributed by atoms with Gasteiger partial charge in [0, 0.05) is 18.8 Å². The van der Waals surface area contributed by atoms with Crippen molar-refractivity contribution >= 4 is 21.7 Å². The highest BCUT2D eigenvalue weighted by atomic mass is 32.2. The van der Waals surface area contributed by atoms with Crippen molar-refractivity contribution < 1.29 is 13.2 Å². The average molecular weight is 345 g/mol. The van der Waals surface area contributed by atoms with Crippen molar-refractivity contribution in [3.63, 3.8) is 0 Å². The van der Waals surface area contributed by atoms with Crippen LogP contribution in [0.1, 0.15) is 18.0 Å². The van der Waals surface area contributed by atoms with E-state index in [1.165, 1.54) is 0 Å². The first kappa shape index (κ1) is 16.5. The van der Waals surface area contributed by atoms with E-state index in [1.54, 1.807) is 7.05 Å². The van der Waals surface area contributed by atoms with Gasteiger partial charge < -0.3 is 10.6 Å². The SMILES string of the molecule is CNC(=O)Nc1ccc(-c2cccc(C3CCS(=O)(=O)N3)c2)cc1. The van der Waals surface area contributed by atoms with Crippen LogP contribution >= 0.6 is 0 Å². The summed E-state index contributed by atoms with van der Waals surface area (Å²) >= 11 is 0. The van der Waals surface area contributed by atoms with E-state index in [4.69, 9.17) is 0 Å². The van der Waals surface area contributed by atoms with Gasteiger partial charge in [-0.05, 0) is 41.3 Å². The van der Waals surface area contributed by atoms with E-state index in [9.17, 15) is 13.2 Å². The van der Waals surface area contributed by atoms with Crippen LogP contribution in [0.25, 0.3) is 11.1 Å². The number of carbonyl (C=O) groups is 1. The lowest BCUT2D eigenvalue weighted by Crippen LogP contribution is -2.24. The first-order chi connectivity index (χ1) is 11.5. The van der Waals surface area contributed by atoms with Crippen LogP contribution in [0, 0.1) is 0 Å². The molecular weight excluding hydrogens is 326 g/mol. The number of amides is 2. The predicted octanol–water partition coefficient (Wildman–Crippen LogP) is 2.47. The Balaban J connectivity index is 1.80. The maximum Gasteiger partial charge on any atom is 0.318 e. The first-order valence-electron chi connectivity index (χ1n) is 7.66. The summed E-state index contributed by atoms with van der Waals surface area (Å²) in [6.07, 6.45) is 0.584. The normalized spacial score (nSPS) is 19.0. The smallest absolute Gasteiger partial charge is 0.318 e. The van der Waals surface area contributed by atoms with Crippen molar-refractivity contribution in [1.82, 2.24) is 10.0 Å². The van der Waals surface area contributed by atoms with E-state index in [0.29, 0.717) is 12.1 Å². The Labute approximate surface area is 141 Å². The van der Waals surface area contributed by atoms with Crippen molar-refractivity contribution in [2.24, 2.45) is 0 Å². The second-order valence-electron chi connectivity index (χ2n) is 5.68. The molecule has 1 saturated heterocycles. The highest BCUT2D eigenvalue weighted by Gasteiger charge is 2.27. The number of carbonyl (C=O) groups excluding carboxylic acids is 1. The molecule has 0 spiro atoms. The van der Waals surface area contributed by atoms with Gasteiger partial charge in [0.25, 0.3) is 0 Å². The minimum atomic E-state index is -3.14. The molecule has 126 valence electrons. The molecule has 1 aliphatic heterocycles. The van der Waals surface area contributed by atoms with Gasteiger partial charge in [0.15, 0.2) is 0 Å².